The SMILES string of the molecule is CC(C)CCNC(=O)c1ccc(N2CCCC2=O)cc1. The smallest absolute Gasteiger partial charge is 0.251 e. The van der Waals surface area contributed by atoms with Crippen LogP contribution in [0.2, 0.25) is 0 Å². The first-order chi connectivity index (χ1) is 9.58. The average Bonchev–Trinajstić information content (AvgIpc) is 2.84. The molecule has 1 N–H and O–H groups in total. The second-order valence-corrected chi connectivity index (χ2v) is 5.63. The van der Waals surface area contributed by atoms with Gasteiger partial charge in [-0.2, -0.15) is 0 Å². The molecule has 4 heteroatoms. The van der Waals surface area contributed by atoms with Crippen molar-refractivity contribution in [1.29, 1.82) is 0 Å². The average molecular weight is 274 g/mol. The summed E-state index contributed by atoms with van der Waals surface area (Å²) in [5.74, 6) is 0.697. The molecule has 0 radical (unpaired) electrons. The Hall–Kier alpha value is -1.84. The van der Waals surface area contributed by atoms with E-state index in [1.165, 1.54) is 0 Å². The van der Waals surface area contributed by atoms with Crippen LogP contribution in [0.3, 0.4) is 0 Å². The molecule has 1 aromatic carbocycles. The van der Waals surface area contributed by atoms with Crippen LogP contribution in [0.15, 0.2) is 24.3 Å². The number of nitrogens with zero attached hydrogens (tertiary/aromatic N) is 1. The van der Waals surface area contributed by atoms with E-state index in [1.807, 2.05) is 12.1 Å². The van der Waals surface area contributed by atoms with Crippen molar-refractivity contribution >= 4 is 17.5 Å². The van der Waals surface area contributed by atoms with Gasteiger partial charge in [-0.1, -0.05) is 13.8 Å². The highest BCUT2D eigenvalue weighted by Gasteiger charge is 2.21. The van der Waals surface area contributed by atoms with E-state index < -0.39 is 0 Å². The number of amides is 2. The molecule has 1 aromatic rings. The zero-order valence-corrected chi connectivity index (χ0v) is 12.2. The van der Waals surface area contributed by atoms with Crippen molar-refractivity contribution in [2.75, 3.05) is 18.0 Å². The number of hydrogen-bond acceptors (Lipinski definition) is 2. The first kappa shape index (κ1) is 14.6. The summed E-state index contributed by atoms with van der Waals surface area (Å²) in [6, 6.07) is 7.26. The number of benzene rings is 1. The molecule has 0 aliphatic carbocycles. The van der Waals surface area contributed by atoms with Gasteiger partial charge >= 0.3 is 0 Å². The molecule has 108 valence electrons. The maximum Gasteiger partial charge on any atom is 0.251 e. The summed E-state index contributed by atoms with van der Waals surface area (Å²) < 4.78 is 0. The topological polar surface area (TPSA) is 49.4 Å². The molecule has 2 amide bonds. The van der Waals surface area contributed by atoms with E-state index in [0.717, 1.165) is 25.1 Å². The van der Waals surface area contributed by atoms with Crippen molar-refractivity contribution < 1.29 is 9.59 Å². The molecule has 20 heavy (non-hydrogen) atoms. The van der Waals surface area contributed by atoms with Gasteiger partial charge < -0.3 is 10.2 Å². The van der Waals surface area contributed by atoms with E-state index >= 15 is 0 Å². The Labute approximate surface area is 120 Å². The normalized spacial score (nSPS) is 14.9. The fourth-order valence-corrected chi connectivity index (χ4v) is 2.29. The maximum atomic E-state index is 11.9. The van der Waals surface area contributed by atoms with Gasteiger partial charge in [0.15, 0.2) is 0 Å². The Morgan fingerprint density at radius 1 is 1.30 bits per heavy atom. The molecule has 2 rings (SSSR count). The second kappa shape index (κ2) is 6.55. The summed E-state index contributed by atoms with van der Waals surface area (Å²) in [4.78, 5) is 25.4. The van der Waals surface area contributed by atoms with Crippen LogP contribution in [0.5, 0.6) is 0 Å². The quantitative estimate of drug-likeness (QED) is 0.897. The van der Waals surface area contributed by atoms with Gasteiger partial charge in [0.25, 0.3) is 5.91 Å². The molecule has 0 saturated carbocycles. The van der Waals surface area contributed by atoms with E-state index in [4.69, 9.17) is 0 Å². The minimum Gasteiger partial charge on any atom is -0.352 e. The zero-order chi connectivity index (χ0) is 14.5. The van der Waals surface area contributed by atoms with Crippen LogP contribution < -0.4 is 10.2 Å². The molecule has 1 heterocycles. The highest BCUT2D eigenvalue weighted by molar-refractivity contribution is 5.97. The predicted octanol–water partition coefficient (Wildman–Crippen LogP) is 2.59. The molecule has 0 spiro atoms. The number of carbonyl (C=O) groups is 2. The lowest BCUT2D eigenvalue weighted by Gasteiger charge is -2.15. The van der Waals surface area contributed by atoms with Crippen LogP contribution >= 0.6 is 0 Å². The summed E-state index contributed by atoms with van der Waals surface area (Å²) >= 11 is 0. The summed E-state index contributed by atoms with van der Waals surface area (Å²) in [7, 11) is 0. The van der Waals surface area contributed by atoms with Crippen LogP contribution in [0.1, 0.15) is 43.5 Å². The highest BCUT2D eigenvalue weighted by Crippen LogP contribution is 2.21. The van der Waals surface area contributed by atoms with Crippen molar-refractivity contribution in [2.24, 2.45) is 5.92 Å². The maximum absolute atomic E-state index is 11.9. The van der Waals surface area contributed by atoms with E-state index in [-0.39, 0.29) is 11.8 Å². The molecule has 1 saturated heterocycles. The molecule has 4 nitrogen and oxygen atoms in total. The van der Waals surface area contributed by atoms with Crippen molar-refractivity contribution in [2.45, 2.75) is 33.1 Å². The van der Waals surface area contributed by atoms with Gasteiger partial charge in [0.05, 0.1) is 0 Å². The fraction of sp³-hybridized carbons (Fsp3) is 0.500. The number of nitrogens with one attached hydrogen (secondary N) is 1. The lowest BCUT2D eigenvalue weighted by molar-refractivity contribution is -0.117. The molecule has 0 unspecified atom stereocenters. The summed E-state index contributed by atoms with van der Waals surface area (Å²) in [6.07, 6.45) is 2.51. The van der Waals surface area contributed by atoms with Crippen molar-refractivity contribution in [1.82, 2.24) is 5.32 Å². The zero-order valence-electron chi connectivity index (χ0n) is 12.2. The van der Waals surface area contributed by atoms with Crippen molar-refractivity contribution in [3.63, 3.8) is 0 Å². The molecule has 0 atom stereocenters. The Morgan fingerprint density at radius 2 is 2.00 bits per heavy atom. The van der Waals surface area contributed by atoms with E-state index in [9.17, 15) is 9.59 Å². The molecule has 1 fully saturated rings. The minimum absolute atomic E-state index is 0.0510. The van der Waals surface area contributed by atoms with Gasteiger partial charge in [0, 0.05) is 30.8 Å². The first-order valence-electron chi connectivity index (χ1n) is 7.26. The third kappa shape index (κ3) is 3.59. The number of anilines is 1. The Morgan fingerprint density at radius 3 is 2.55 bits per heavy atom. The highest BCUT2D eigenvalue weighted by atomic mass is 16.2. The van der Waals surface area contributed by atoms with Gasteiger partial charge in [0.2, 0.25) is 5.91 Å². The largest absolute Gasteiger partial charge is 0.352 e. The molecule has 1 aliphatic heterocycles. The van der Waals surface area contributed by atoms with Crippen LogP contribution in [0, 0.1) is 5.92 Å². The van der Waals surface area contributed by atoms with Crippen LogP contribution in [-0.4, -0.2) is 24.9 Å². The van der Waals surface area contributed by atoms with Crippen LogP contribution in [-0.2, 0) is 4.79 Å². The van der Waals surface area contributed by atoms with Gasteiger partial charge in [-0.15, -0.1) is 0 Å². The van der Waals surface area contributed by atoms with Gasteiger partial charge in [0.1, 0.15) is 0 Å². The van der Waals surface area contributed by atoms with E-state index in [1.54, 1.807) is 17.0 Å². The molecular weight excluding hydrogens is 252 g/mol. The Bertz CT molecular complexity index is 480. The van der Waals surface area contributed by atoms with E-state index in [2.05, 4.69) is 19.2 Å². The molecule has 0 aromatic heterocycles. The molecular formula is C16H22N2O2. The monoisotopic (exact) mass is 274 g/mol. The summed E-state index contributed by atoms with van der Waals surface area (Å²) in [5, 5.41) is 2.91. The molecule has 0 bridgehead atoms. The fourth-order valence-electron chi connectivity index (χ4n) is 2.29. The van der Waals surface area contributed by atoms with Gasteiger partial charge in [-0.25, -0.2) is 0 Å². The molecule has 1 aliphatic rings. The number of carbonyl (C=O) groups excluding carboxylic acids is 2. The summed E-state index contributed by atoms with van der Waals surface area (Å²) in [6.45, 7) is 5.74. The second-order valence-electron chi connectivity index (χ2n) is 5.63. The first-order valence-corrected chi connectivity index (χ1v) is 7.26. The number of hydrogen-bond donors (Lipinski definition) is 1. The number of rotatable bonds is 5. The predicted molar refractivity (Wildman–Crippen MR) is 79.8 cm³/mol. The lowest BCUT2D eigenvalue weighted by Crippen LogP contribution is -2.26. The van der Waals surface area contributed by atoms with Gasteiger partial charge in [-0.3, -0.25) is 9.59 Å². The standard InChI is InChI=1S/C16H22N2O2/c1-12(2)9-10-17-16(20)13-5-7-14(8-6-13)18-11-3-4-15(18)19/h5-8,12H,3-4,9-11H2,1-2H3,(H,17,20). The lowest BCUT2D eigenvalue weighted by atomic mass is 10.1. The Kier molecular flexibility index (Phi) is 4.77. The van der Waals surface area contributed by atoms with E-state index in [0.29, 0.717) is 24.4 Å². The Balaban J connectivity index is 1.94. The summed E-state index contributed by atoms with van der Waals surface area (Å²) in [5.41, 5.74) is 1.52. The van der Waals surface area contributed by atoms with Gasteiger partial charge in [-0.05, 0) is 43.0 Å². The van der Waals surface area contributed by atoms with Crippen molar-refractivity contribution in [3.05, 3.63) is 29.8 Å². The van der Waals surface area contributed by atoms with Crippen molar-refractivity contribution in [3.8, 4) is 0 Å². The third-order valence-corrected chi connectivity index (χ3v) is 3.52. The third-order valence-electron chi connectivity index (χ3n) is 3.52. The van der Waals surface area contributed by atoms with Crippen LogP contribution in [0.25, 0.3) is 0 Å². The minimum atomic E-state index is -0.0510. The van der Waals surface area contributed by atoms with Crippen LogP contribution in [0.4, 0.5) is 5.69 Å².